The fourth-order valence-electron chi connectivity index (χ4n) is 4.10. The van der Waals surface area contributed by atoms with Crippen molar-refractivity contribution < 1.29 is 4.79 Å². The highest BCUT2D eigenvalue weighted by molar-refractivity contribution is 5.79. The van der Waals surface area contributed by atoms with Gasteiger partial charge in [0.25, 0.3) is 0 Å². The molecule has 28 heavy (non-hydrogen) atoms. The van der Waals surface area contributed by atoms with Crippen molar-refractivity contribution in [3.05, 3.63) is 35.7 Å². The molecule has 2 aromatic rings. The molecule has 4 rings (SSSR count). The maximum absolute atomic E-state index is 13.1. The highest BCUT2D eigenvalue weighted by Crippen LogP contribution is 2.29. The Balaban J connectivity index is 1.63. The molecule has 0 aromatic carbocycles. The van der Waals surface area contributed by atoms with E-state index in [1.54, 1.807) is 6.20 Å². The van der Waals surface area contributed by atoms with Gasteiger partial charge in [0.1, 0.15) is 11.5 Å². The largest absolute Gasteiger partial charge is 0.362 e. The summed E-state index contributed by atoms with van der Waals surface area (Å²) in [6.45, 7) is 3.24. The van der Waals surface area contributed by atoms with Crippen molar-refractivity contribution in [3.63, 3.8) is 0 Å². The van der Waals surface area contributed by atoms with Gasteiger partial charge in [-0.15, -0.1) is 0 Å². The average Bonchev–Trinajstić information content (AvgIpc) is 3.02. The smallest absolute Gasteiger partial charge is 0.226 e. The first-order chi connectivity index (χ1) is 13.6. The van der Waals surface area contributed by atoms with E-state index in [1.807, 2.05) is 42.1 Å². The van der Waals surface area contributed by atoms with Crippen LogP contribution in [-0.2, 0) is 17.8 Å². The molecule has 1 saturated heterocycles. The van der Waals surface area contributed by atoms with Gasteiger partial charge in [0.2, 0.25) is 5.91 Å². The zero-order chi connectivity index (χ0) is 19.5. The lowest BCUT2D eigenvalue weighted by molar-refractivity contribution is -0.136. The molecule has 1 fully saturated rings. The molecule has 1 amide bonds. The summed E-state index contributed by atoms with van der Waals surface area (Å²) in [6.07, 6.45) is 5.51. The molecule has 1 N–H and O–H groups in total. The molecule has 1 atom stereocenters. The first-order valence-electron chi connectivity index (χ1n) is 10.1. The van der Waals surface area contributed by atoms with Gasteiger partial charge in [-0.25, -0.2) is 9.97 Å². The van der Waals surface area contributed by atoms with Crippen LogP contribution in [-0.4, -0.2) is 59.5 Å². The molecular formula is C21H28N6O. The molecule has 7 heteroatoms. The van der Waals surface area contributed by atoms with Gasteiger partial charge in [-0.3, -0.25) is 9.78 Å². The minimum Gasteiger partial charge on any atom is -0.362 e. The lowest BCUT2D eigenvalue weighted by Crippen LogP contribution is -2.41. The van der Waals surface area contributed by atoms with Crippen LogP contribution in [0.5, 0.6) is 0 Å². The van der Waals surface area contributed by atoms with Gasteiger partial charge in [0.15, 0.2) is 5.82 Å². The molecule has 2 aliphatic rings. The molecule has 0 radical (unpaired) electrons. The number of carbonyl (C=O) groups excluding carboxylic acids is 1. The Morgan fingerprint density at radius 2 is 2.11 bits per heavy atom. The van der Waals surface area contributed by atoms with Crippen LogP contribution in [0.2, 0.25) is 0 Å². The highest BCUT2D eigenvalue weighted by atomic mass is 16.2. The monoisotopic (exact) mass is 380 g/mol. The van der Waals surface area contributed by atoms with Crippen molar-refractivity contribution in [1.82, 2.24) is 25.2 Å². The summed E-state index contributed by atoms with van der Waals surface area (Å²) in [5.74, 6) is 1.95. The van der Waals surface area contributed by atoms with Crippen molar-refractivity contribution in [3.8, 4) is 11.5 Å². The summed E-state index contributed by atoms with van der Waals surface area (Å²) < 4.78 is 0. The first-order valence-corrected chi connectivity index (χ1v) is 10.1. The Morgan fingerprint density at radius 1 is 1.21 bits per heavy atom. The predicted molar refractivity (Wildman–Crippen MR) is 109 cm³/mol. The standard InChI is InChI=1S/C21H28N6O/c1-26(2)20-16-9-13-27(21(28)15-6-5-10-22-12-8-15)14-18(16)24-19(25-20)17-7-3-4-11-23-17/h3-4,7,11,15,22H,5-6,8-10,12-14H2,1-2H3/t15-/m0/s1. The number of hydrogen-bond acceptors (Lipinski definition) is 6. The quantitative estimate of drug-likeness (QED) is 0.876. The van der Waals surface area contributed by atoms with Crippen molar-refractivity contribution >= 4 is 11.7 Å². The lowest BCUT2D eigenvalue weighted by Gasteiger charge is -2.32. The van der Waals surface area contributed by atoms with Gasteiger partial charge < -0.3 is 15.1 Å². The molecule has 0 aliphatic carbocycles. The fourth-order valence-corrected chi connectivity index (χ4v) is 4.10. The molecule has 0 saturated carbocycles. The van der Waals surface area contributed by atoms with E-state index in [2.05, 4.69) is 10.3 Å². The summed E-state index contributed by atoms with van der Waals surface area (Å²) in [6, 6.07) is 5.75. The van der Waals surface area contributed by atoms with Gasteiger partial charge in [-0.1, -0.05) is 6.07 Å². The molecule has 2 aliphatic heterocycles. The second kappa shape index (κ2) is 8.22. The maximum Gasteiger partial charge on any atom is 0.226 e. The number of amides is 1. The van der Waals surface area contributed by atoms with Crippen LogP contribution in [0.25, 0.3) is 11.5 Å². The molecule has 2 aromatic heterocycles. The third kappa shape index (κ3) is 3.85. The SMILES string of the molecule is CN(C)c1nc(-c2ccccn2)nc2c1CCN(C(=O)[C@H]1CCCNCC1)C2. The van der Waals surface area contributed by atoms with Crippen LogP contribution in [0, 0.1) is 5.92 Å². The summed E-state index contributed by atoms with van der Waals surface area (Å²) in [4.78, 5) is 31.1. The minimum absolute atomic E-state index is 0.127. The number of pyridine rings is 1. The second-order valence-corrected chi connectivity index (χ2v) is 7.79. The Hall–Kier alpha value is -2.54. The number of nitrogens with zero attached hydrogens (tertiary/aromatic N) is 5. The van der Waals surface area contributed by atoms with E-state index in [4.69, 9.17) is 9.97 Å². The number of anilines is 1. The van der Waals surface area contributed by atoms with E-state index >= 15 is 0 Å². The normalized spacial score (nSPS) is 19.6. The van der Waals surface area contributed by atoms with Crippen molar-refractivity contribution in [2.45, 2.75) is 32.2 Å². The van der Waals surface area contributed by atoms with Crippen LogP contribution in [0.4, 0.5) is 5.82 Å². The van der Waals surface area contributed by atoms with Crippen LogP contribution >= 0.6 is 0 Å². The lowest BCUT2D eigenvalue weighted by atomic mass is 9.97. The number of nitrogens with one attached hydrogen (secondary N) is 1. The van der Waals surface area contributed by atoms with Crippen molar-refractivity contribution in [1.29, 1.82) is 0 Å². The Morgan fingerprint density at radius 3 is 2.89 bits per heavy atom. The van der Waals surface area contributed by atoms with Crippen LogP contribution in [0.15, 0.2) is 24.4 Å². The fraction of sp³-hybridized carbons (Fsp3) is 0.524. The summed E-state index contributed by atoms with van der Waals surface area (Å²) in [5.41, 5.74) is 2.86. The molecule has 148 valence electrons. The summed E-state index contributed by atoms with van der Waals surface area (Å²) in [5, 5.41) is 3.39. The minimum atomic E-state index is 0.127. The van der Waals surface area contributed by atoms with E-state index in [9.17, 15) is 4.79 Å². The third-order valence-corrected chi connectivity index (χ3v) is 5.60. The van der Waals surface area contributed by atoms with Crippen molar-refractivity contribution in [2.75, 3.05) is 38.6 Å². The van der Waals surface area contributed by atoms with Gasteiger partial charge in [0, 0.05) is 38.3 Å². The topological polar surface area (TPSA) is 74.2 Å². The predicted octanol–water partition coefficient (Wildman–Crippen LogP) is 1.88. The van der Waals surface area contributed by atoms with Gasteiger partial charge >= 0.3 is 0 Å². The van der Waals surface area contributed by atoms with E-state index in [1.165, 1.54) is 0 Å². The van der Waals surface area contributed by atoms with E-state index in [0.717, 1.165) is 68.1 Å². The van der Waals surface area contributed by atoms with E-state index in [-0.39, 0.29) is 11.8 Å². The van der Waals surface area contributed by atoms with Gasteiger partial charge in [-0.2, -0.15) is 0 Å². The zero-order valence-electron chi connectivity index (χ0n) is 16.7. The Kier molecular flexibility index (Phi) is 5.52. The number of fused-ring (bicyclic) bond motifs is 1. The number of rotatable bonds is 3. The van der Waals surface area contributed by atoms with E-state index < -0.39 is 0 Å². The Bertz CT molecular complexity index is 830. The second-order valence-electron chi connectivity index (χ2n) is 7.79. The maximum atomic E-state index is 13.1. The molecule has 4 heterocycles. The zero-order valence-corrected chi connectivity index (χ0v) is 16.7. The molecule has 0 spiro atoms. The highest BCUT2D eigenvalue weighted by Gasteiger charge is 2.30. The first kappa shape index (κ1) is 18.8. The number of carbonyl (C=O) groups is 1. The summed E-state index contributed by atoms with van der Waals surface area (Å²) >= 11 is 0. The number of hydrogen-bond donors (Lipinski definition) is 1. The van der Waals surface area contributed by atoms with Gasteiger partial charge in [-0.05, 0) is 50.9 Å². The van der Waals surface area contributed by atoms with Crippen LogP contribution in [0.1, 0.15) is 30.5 Å². The summed E-state index contributed by atoms with van der Waals surface area (Å²) in [7, 11) is 4.00. The van der Waals surface area contributed by atoms with E-state index in [0.29, 0.717) is 12.4 Å². The van der Waals surface area contributed by atoms with Gasteiger partial charge in [0.05, 0.1) is 12.2 Å². The molecular weight excluding hydrogens is 352 g/mol. The van der Waals surface area contributed by atoms with Crippen LogP contribution < -0.4 is 10.2 Å². The third-order valence-electron chi connectivity index (χ3n) is 5.60. The number of aromatic nitrogens is 3. The Labute approximate surface area is 166 Å². The van der Waals surface area contributed by atoms with Crippen molar-refractivity contribution in [2.24, 2.45) is 5.92 Å². The van der Waals surface area contributed by atoms with Crippen LogP contribution in [0.3, 0.4) is 0 Å². The molecule has 0 bridgehead atoms. The average molecular weight is 380 g/mol. The molecule has 7 nitrogen and oxygen atoms in total. The molecule has 0 unspecified atom stereocenters.